The summed E-state index contributed by atoms with van der Waals surface area (Å²) in [5.74, 6) is 3.67. The molecule has 1 rings (SSSR count). The highest BCUT2D eigenvalue weighted by molar-refractivity contribution is 7.99. The molecular weight excluding hydrogens is 172 g/mol. The summed E-state index contributed by atoms with van der Waals surface area (Å²) in [5.41, 5.74) is -0.325. The molecule has 0 fully saturated rings. The lowest BCUT2D eigenvalue weighted by atomic mass is 10.4. The number of aryl methyl sites for hydroxylation is 1. The third-order valence-electron chi connectivity index (χ3n) is 1.19. The van der Waals surface area contributed by atoms with Gasteiger partial charge < -0.3 is 4.42 Å². The van der Waals surface area contributed by atoms with Gasteiger partial charge in [-0.25, -0.2) is 4.79 Å². The summed E-state index contributed by atoms with van der Waals surface area (Å²) in [6, 6.07) is 3.23. The number of hydrogen-bond acceptors (Lipinski definition) is 3. The minimum Gasteiger partial charge on any atom is -0.428 e. The Morgan fingerprint density at radius 3 is 3.00 bits per heavy atom. The second-order valence-electron chi connectivity index (χ2n) is 2.22. The van der Waals surface area contributed by atoms with E-state index in [0.717, 1.165) is 4.90 Å². The van der Waals surface area contributed by atoms with E-state index in [0.29, 0.717) is 11.5 Å². The fraction of sp³-hybridized carbons (Fsp3) is 0.222. The summed E-state index contributed by atoms with van der Waals surface area (Å²) < 4.78 is 4.78. The first kappa shape index (κ1) is 8.95. The van der Waals surface area contributed by atoms with Crippen molar-refractivity contribution >= 4 is 11.8 Å². The predicted octanol–water partition coefficient (Wildman–Crippen LogP) is 1.67. The van der Waals surface area contributed by atoms with E-state index in [1.54, 1.807) is 13.0 Å². The first-order valence-electron chi connectivity index (χ1n) is 3.40. The van der Waals surface area contributed by atoms with Crippen molar-refractivity contribution in [3.8, 4) is 12.3 Å². The van der Waals surface area contributed by atoms with Crippen LogP contribution in [0.5, 0.6) is 0 Å². The molecule has 0 atom stereocenters. The van der Waals surface area contributed by atoms with Crippen molar-refractivity contribution in [3.05, 3.63) is 28.3 Å². The van der Waals surface area contributed by atoms with Crippen LogP contribution in [0.1, 0.15) is 5.76 Å². The molecule has 0 unspecified atom stereocenters. The molecule has 0 N–H and O–H groups in total. The second-order valence-corrected chi connectivity index (χ2v) is 3.26. The summed E-state index contributed by atoms with van der Waals surface area (Å²) in [6.07, 6.45) is 5.08. The molecule has 0 saturated heterocycles. The van der Waals surface area contributed by atoms with Crippen LogP contribution in [0.3, 0.4) is 0 Å². The Kier molecular flexibility index (Phi) is 3.01. The van der Waals surface area contributed by atoms with Gasteiger partial charge >= 0.3 is 5.63 Å². The van der Waals surface area contributed by atoms with Crippen molar-refractivity contribution < 1.29 is 4.42 Å². The van der Waals surface area contributed by atoms with Crippen LogP contribution in [0.25, 0.3) is 0 Å². The minimum atomic E-state index is -0.325. The summed E-state index contributed by atoms with van der Waals surface area (Å²) in [4.78, 5) is 11.7. The molecule has 0 radical (unpaired) electrons. The highest BCUT2D eigenvalue weighted by Gasteiger charge is 1.96. The largest absolute Gasteiger partial charge is 0.428 e. The zero-order valence-corrected chi connectivity index (χ0v) is 7.48. The molecule has 0 spiro atoms. The zero-order chi connectivity index (χ0) is 8.97. The first-order chi connectivity index (χ1) is 5.72. The third kappa shape index (κ3) is 2.48. The lowest BCUT2D eigenvalue weighted by molar-refractivity contribution is 0.475. The standard InChI is InChI=1S/C9H8O2S/c1-3-4-12-8-5-7(2)11-9(10)6-8/h1,5-6H,4H2,2H3. The Hall–Kier alpha value is -1.14. The van der Waals surface area contributed by atoms with E-state index >= 15 is 0 Å². The Morgan fingerprint density at radius 1 is 1.67 bits per heavy atom. The fourth-order valence-corrected chi connectivity index (χ4v) is 1.46. The first-order valence-corrected chi connectivity index (χ1v) is 4.39. The van der Waals surface area contributed by atoms with Gasteiger partial charge in [-0.05, 0) is 13.0 Å². The molecule has 0 aliphatic heterocycles. The average Bonchev–Trinajstić information content (AvgIpc) is 1.99. The second kappa shape index (κ2) is 4.03. The molecule has 2 nitrogen and oxygen atoms in total. The van der Waals surface area contributed by atoms with Gasteiger partial charge in [-0.2, -0.15) is 0 Å². The van der Waals surface area contributed by atoms with Gasteiger partial charge in [0.15, 0.2) is 0 Å². The van der Waals surface area contributed by atoms with Gasteiger partial charge in [-0.1, -0.05) is 5.92 Å². The predicted molar refractivity (Wildman–Crippen MR) is 49.3 cm³/mol. The maximum Gasteiger partial charge on any atom is 0.336 e. The summed E-state index contributed by atoms with van der Waals surface area (Å²) in [6.45, 7) is 1.74. The van der Waals surface area contributed by atoms with E-state index in [2.05, 4.69) is 5.92 Å². The van der Waals surface area contributed by atoms with Gasteiger partial charge in [0, 0.05) is 11.0 Å². The van der Waals surface area contributed by atoms with E-state index in [1.165, 1.54) is 17.8 Å². The molecule has 0 aromatic carbocycles. The van der Waals surface area contributed by atoms with E-state index in [9.17, 15) is 4.79 Å². The summed E-state index contributed by atoms with van der Waals surface area (Å²) in [7, 11) is 0. The van der Waals surface area contributed by atoms with Crippen LogP contribution in [-0.4, -0.2) is 5.75 Å². The molecular formula is C9H8O2S. The molecule has 1 heterocycles. The number of terminal acetylenes is 1. The van der Waals surface area contributed by atoms with Gasteiger partial charge in [-0.3, -0.25) is 0 Å². The topological polar surface area (TPSA) is 30.2 Å². The summed E-state index contributed by atoms with van der Waals surface area (Å²) in [5, 5.41) is 0. The highest BCUT2D eigenvalue weighted by atomic mass is 32.2. The normalized spacial score (nSPS) is 9.33. The number of hydrogen-bond donors (Lipinski definition) is 0. The van der Waals surface area contributed by atoms with Gasteiger partial charge in [0.25, 0.3) is 0 Å². The van der Waals surface area contributed by atoms with Gasteiger partial charge in [0.2, 0.25) is 0 Å². The van der Waals surface area contributed by atoms with E-state index in [1.807, 2.05) is 0 Å². The van der Waals surface area contributed by atoms with Crippen molar-refractivity contribution in [2.75, 3.05) is 5.75 Å². The minimum absolute atomic E-state index is 0.325. The Morgan fingerprint density at radius 2 is 2.42 bits per heavy atom. The lowest BCUT2D eigenvalue weighted by Crippen LogP contribution is -1.97. The van der Waals surface area contributed by atoms with Crippen LogP contribution in [0, 0.1) is 19.3 Å². The monoisotopic (exact) mass is 180 g/mol. The molecule has 0 amide bonds. The molecule has 3 heteroatoms. The maximum atomic E-state index is 10.8. The maximum absolute atomic E-state index is 10.8. The van der Waals surface area contributed by atoms with E-state index in [-0.39, 0.29) is 5.63 Å². The average molecular weight is 180 g/mol. The molecule has 0 aliphatic carbocycles. The van der Waals surface area contributed by atoms with Gasteiger partial charge in [0.05, 0.1) is 5.75 Å². The smallest absolute Gasteiger partial charge is 0.336 e. The molecule has 0 bridgehead atoms. The SMILES string of the molecule is C#CCSc1cc(C)oc(=O)c1. The molecule has 0 aliphatic rings. The van der Waals surface area contributed by atoms with Crippen LogP contribution >= 0.6 is 11.8 Å². The van der Waals surface area contributed by atoms with Crippen molar-refractivity contribution in [1.82, 2.24) is 0 Å². The van der Waals surface area contributed by atoms with Gasteiger partial charge in [0.1, 0.15) is 5.76 Å². The van der Waals surface area contributed by atoms with Gasteiger partial charge in [-0.15, -0.1) is 18.2 Å². The highest BCUT2D eigenvalue weighted by Crippen LogP contribution is 2.15. The quantitative estimate of drug-likeness (QED) is 0.512. The van der Waals surface area contributed by atoms with Crippen LogP contribution < -0.4 is 5.63 Å². The Labute approximate surface area is 75.0 Å². The van der Waals surface area contributed by atoms with Crippen LogP contribution in [0.2, 0.25) is 0 Å². The Bertz CT molecular complexity index is 360. The van der Waals surface area contributed by atoms with Crippen molar-refractivity contribution in [1.29, 1.82) is 0 Å². The van der Waals surface area contributed by atoms with Crippen LogP contribution in [0.15, 0.2) is 26.2 Å². The molecule has 1 aromatic rings. The summed E-state index contributed by atoms with van der Waals surface area (Å²) >= 11 is 1.45. The third-order valence-corrected chi connectivity index (χ3v) is 2.07. The van der Waals surface area contributed by atoms with Crippen molar-refractivity contribution in [2.24, 2.45) is 0 Å². The Balaban J connectivity index is 2.87. The molecule has 62 valence electrons. The van der Waals surface area contributed by atoms with E-state index in [4.69, 9.17) is 10.8 Å². The fourth-order valence-electron chi connectivity index (χ4n) is 0.784. The molecule has 12 heavy (non-hydrogen) atoms. The lowest BCUT2D eigenvalue weighted by Gasteiger charge is -1.96. The van der Waals surface area contributed by atoms with Crippen molar-refractivity contribution in [2.45, 2.75) is 11.8 Å². The molecule has 0 saturated carbocycles. The number of thioether (sulfide) groups is 1. The zero-order valence-electron chi connectivity index (χ0n) is 6.66. The number of rotatable bonds is 2. The van der Waals surface area contributed by atoms with Crippen LogP contribution in [0.4, 0.5) is 0 Å². The van der Waals surface area contributed by atoms with E-state index < -0.39 is 0 Å². The molecule has 1 aromatic heterocycles. The van der Waals surface area contributed by atoms with Crippen LogP contribution in [-0.2, 0) is 0 Å². The van der Waals surface area contributed by atoms with Crippen molar-refractivity contribution in [3.63, 3.8) is 0 Å².